The molecule has 0 aromatic carbocycles. The SMILES string of the molecule is CNC(=O)C1CNCCN1Cc1ccc(C(C)(C)C)s1. The highest BCUT2D eigenvalue weighted by molar-refractivity contribution is 7.12. The number of amides is 1. The maximum absolute atomic E-state index is 11.9. The van der Waals surface area contributed by atoms with Crippen molar-refractivity contribution in [3.8, 4) is 0 Å². The first-order valence-corrected chi connectivity index (χ1v) is 7.99. The first-order valence-electron chi connectivity index (χ1n) is 7.17. The first-order chi connectivity index (χ1) is 9.41. The van der Waals surface area contributed by atoms with Gasteiger partial charge in [0.1, 0.15) is 6.04 Å². The summed E-state index contributed by atoms with van der Waals surface area (Å²) in [7, 11) is 1.71. The molecule has 112 valence electrons. The van der Waals surface area contributed by atoms with Gasteiger partial charge >= 0.3 is 0 Å². The van der Waals surface area contributed by atoms with Crippen LogP contribution in [0.1, 0.15) is 30.5 Å². The summed E-state index contributed by atoms with van der Waals surface area (Å²) in [5.41, 5.74) is 0.201. The summed E-state index contributed by atoms with van der Waals surface area (Å²) in [4.78, 5) is 17.0. The van der Waals surface area contributed by atoms with Gasteiger partial charge in [0.05, 0.1) is 0 Å². The fourth-order valence-electron chi connectivity index (χ4n) is 2.43. The van der Waals surface area contributed by atoms with E-state index in [0.29, 0.717) is 0 Å². The van der Waals surface area contributed by atoms with Gasteiger partial charge in [-0.15, -0.1) is 11.3 Å². The van der Waals surface area contributed by atoms with E-state index in [1.165, 1.54) is 9.75 Å². The molecule has 1 aromatic heterocycles. The molecule has 1 amide bonds. The van der Waals surface area contributed by atoms with Crippen LogP contribution >= 0.6 is 11.3 Å². The van der Waals surface area contributed by atoms with Crippen LogP contribution in [-0.4, -0.2) is 43.5 Å². The maximum atomic E-state index is 11.9. The predicted octanol–water partition coefficient (Wildman–Crippen LogP) is 1.57. The lowest BCUT2D eigenvalue weighted by molar-refractivity contribution is -0.126. The minimum atomic E-state index is -0.0612. The third-order valence-electron chi connectivity index (χ3n) is 3.66. The minimum Gasteiger partial charge on any atom is -0.358 e. The molecule has 1 aliphatic heterocycles. The van der Waals surface area contributed by atoms with Crippen LogP contribution in [0.15, 0.2) is 12.1 Å². The van der Waals surface area contributed by atoms with Crippen molar-refractivity contribution in [2.75, 3.05) is 26.7 Å². The Bertz CT molecular complexity index is 464. The lowest BCUT2D eigenvalue weighted by Gasteiger charge is -2.34. The second-order valence-electron chi connectivity index (χ2n) is 6.32. The summed E-state index contributed by atoms with van der Waals surface area (Å²) >= 11 is 1.86. The lowest BCUT2D eigenvalue weighted by Crippen LogP contribution is -2.56. The molecule has 5 heteroatoms. The molecule has 4 nitrogen and oxygen atoms in total. The monoisotopic (exact) mass is 295 g/mol. The van der Waals surface area contributed by atoms with E-state index in [9.17, 15) is 4.79 Å². The van der Waals surface area contributed by atoms with E-state index in [2.05, 4.69) is 48.4 Å². The maximum Gasteiger partial charge on any atom is 0.238 e. The Morgan fingerprint density at radius 1 is 1.50 bits per heavy atom. The Morgan fingerprint density at radius 3 is 2.85 bits per heavy atom. The number of hydrogen-bond donors (Lipinski definition) is 2. The molecule has 0 saturated carbocycles. The quantitative estimate of drug-likeness (QED) is 0.889. The molecule has 0 radical (unpaired) electrons. The van der Waals surface area contributed by atoms with Crippen LogP contribution < -0.4 is 10.6 Å². The van der Waals surface area contributed by atoms with Gasteiger partial charge in [0, 0.05) is 43.0 Å². The van der Waals surface area contributed by atoms with Crippen LogP contribution in [0.2, 0.25) is 0 Å². The summed E-state index contributed by atoms with van der Waals surface area (Å²) in [6, 6.07) is 4.36. The number of carbonyl (C=O) groups is 1. The number of nitrogens with one attached hydrogen (secondary N) is 2. The van der Waals surface area contributed by atoms with E-state index in [-0.39, 0.29) is 17.4 Å². The predicted molar refractivity (Wildman–Crippen MR) is 84.2 cm³/mol. The van der Waals surface area contributed by atoms with Crippen molar-refractivity contribution < 1.29 is 4.79 Å². The summed E-state index contributed by atoms with van der Waals surface area (Å²) < 4.78 is 0. The zero-order valence-electron chi connectivity index (χ0n) is 12.8. The van der Waals surface area contributed by atoms with E-state index in [1.807, 2.05) is 11.3 Å². The average Bonchev–Trinajstić information content (AvgIpc) is 2.87. The molecule has 1 aliphatic rings. The normalized spacial score (nSPS) is 20.9. The number of carbonyl (C=O) groups excluding carboxylic acids is 1. The van der Waals surface area contributed by atoms with Crippen molar-refractivity contribution in [3.05, 3.63) is 21.9 Å². The number of piperazine rings is 1. The van der Waals surface area contributed by atoms with Crippen LogP contribution in [0.4, 0.5) is 0 Å². The zero-order chi connectivity index (χ0) is 14.8. The van der Waals surface area contributed by atoms with Crippen molar-refractivity contribution in [2.45, 2.75) is 38.8 Å². The van der Waals surface area contributed by atoms with E-state index < -0.39 is 0 Å². The Labute approximate surface area is 125 Å². The van der Waals surface area contributed by atoms with Gasteiger partial charge in [-0.2, -0.15) is 0 Å². The highest BCUT2D eigenvalue weighted by atomic mass is 32.1. The van der Waals surface area contributed by atoms with Crippen molar-refractivity contribution in [3.63, 3.8) is 0 Å². The second-order valence-corrected chi connectivity index (χ2v) is 7.49. The second kappa shape index (κ2) is 6.24. The molecule has 2 heterocycles. The molecule has 2 rings (SSSR count). The number of hydrogen-bond acceptors (Lipinski definition) is 4. The molecule has 1 fully saturated rings. The number of likely N-dealkylation sites (N-methyl/N-ethyl adjacent to an activating group) is 1. The molecule has 1 aromatic rings. The van der Waals surface area contributed by atoms with E-state index >= 15 is 0 Å². The van der Waals surface area contributed by atoms with Crippen LogP contribution in [0.5, 0.6) is 0 Å². The summed E-state index contributed by atoms with van der Waals surface area (Å²) in [5, 5.41) is 6.06. The average molecular weight is 295 g/mol. The van der Waals surface area contributed by atoms with Crippen molar-refractivity contribution in [1.29, 1.82) is 0 Å². The van der Waals surface area contributed by atoms with E-state index in [1.54, 1.807) is 7.05 Å². The molecular weight excluding hydrogens is 270 g/mol. The van der Waals surface area contributed by atoms with Crippen LogP contribution in [0, 0.1) is 0 Å². The van der Waals surface area contributed by atoms with Gasteiger partial charge in [0.25, 0.3) is 0 Å². The van der Waals surface area contributed by atoms with Gasteiger partial charge in [-0.1, -0.05) is 20.8 Å². The third-order valence-corrected chi connectivity index (χ3v) is 5.16. The standard InChI is InChI=1S/C15H25N3OS/c1-15(2,3)13-6-5-11(20-13)10-18-8-7-17-9-12(18)14(19)16-4/h5-6,12,17H,7-10H2,1-4H3,(H,16,19). The lowest BCUT2D eigenvalue weighted by atomic mass is 9.95. The van der Waals surface area contributed by atoms with Gasteiger partial charge in [-0.3, -0.25) is 9.69 Å². The molecule has 0 bridgehead atoms. The number of rotatable bonds is 3. The Balaban J connectivity index is 2.07. The van der Waals surface area contributed by atoms with E-state index in [4.69, 9.17) is 0 Å². The molecule has 0 aliphatic carbocycles. The molecule has 1 unspecified atom stereocenters. The molecule has 0 spiro atoms. The summed E-state index contributed by atoms with van der Waals surface area (Å²) in [5.74, 6) is 0.102. The fraction of sp³-hybridized carbons (Fsp3) is 0.667. The Kier molecular flexibility index (Phi) is 4.83. The Morgan fingerprint density at radius 2 is 2.25 bits per heavy atom. The smallest absolute Gasteiger partial charge is 0.238 e. The minimum absolute atomic E-state index is 0.0612. The largest absolute Gasteiger partial charge is 0.358 e. The molecule has 1 saturated heterocycles. The van der Waals surface area contributed by atoms with Gasteiger partial charge in [-0.25, -0.2) is 0 Å². The number of nitrogens with zero attached hydrogens (tertiary/aromatic N) is 1. The highest BCUT2D eigenvalue weighted by Crippen LogP contribution is 2.30. The zero-order valence-corrected chi connectivity index (χ0v) is 13.6. The Hall–Kier alpha value is -0.910. The first kappa shape index (κ1) is 15.5. The highest BCUT2D eigenvalue weighted by Gasteiger charge is 2.28. The van der Waals surface area contributed by atoms with Crippen LogP contribution in [0.3, 0.4) is 0 Å². The molecule has 1 atom stereocenters. The van der Waals surface area contributed by atoms with Crippen molar-refractivity contribution >= 4 is 17.2 Å². The van der Waals surface area contributed by atoms with Gasteiger partial charge in [0.2, 0.25) is 5.91 Å². The van der Waals surface area contributed by atoms with Gasteiger partial charge < -0.3 is 10.6 Å². The molecule has 20 heavy (non-hydrogen) atoms. The van der Waals surface area contributed by atoms with Crippen molar-refractivity contribution in [2.24, 2.45) is 0 Å². The fourth-order valence-corrected chi connectivity index (χ4v) is 3.52. The van der Waals surface area contributed by atoms with Crippen LogP contribution in [0.25, 0.3) is 0 Å². The van der Waals surface area contributed by atoms with Gasteiger partial charge in [0.15, 0.2) is 0 Å². The molecule has 2 N–H and O–H groups in total. The van der Waals surface area contributed by atoms with Crippen molar-refractivity contribution in [1.82, 2.24) is 15.5 Å². The summed E-state index contributed by atoms with van der Waals surface area (Å²) in [6.45, 7) is 10.2. The molecular formula is C15H25N3OS. The summed E-state index contributed by atoms with van der Waals surface area (Å²) in [6.07, 6.45) is 0. The van der Waals surface area contributed by atoms with Gasteiger partial charge in [-0.05, 0) is 17.5 Å². The topological polar surface area (TPSA) is 44.4 Å². The number of thiophene rings is 1. The van der Waals surface area contributed by atoms with Crippen LogP contribution in [-0.2, 0) is 16.8 Å². The van der Waals surface area contributed by atoms with E-state index in [0.717, 1.165) is 26.2 Å². The third kappa shape index (κ3) is 3.59.